The summed E-state index contributed by atoms with van der Waals surface area (Å²) in [7, 11) is 0. The predicted octanol–water partition coefficient (Wildman–Crippen LogP) is 3.64. The third kappa shape index (κ3) is 6.60. The molecule has 0 atom stereocenters. The largest absolute Gasteiger partial charge is 0.493 e. The summed E-state index contributed by atoms with van der Waals surface area (Å²) in [4.78, 5) is 11.6. The molecule has 0 saturated carbocycles. The third-order valence-electron chi connectivity index (χ3n) is 3.14. The molecule has 0 aromatic heterocycles. The molecule has 0 aliphatic carbocycles. The summed E-state index contributed by atoms with van der Waals surface area (Å²) >= 11 is 0. The lowest BCUT2D eigenvalue weighted by atomic mass is 10.1. The highest BCUT2D eigenvalue weighted by atomic mass is 19.4. The second kappa shape index (κ2) is 8.78. The van der Waals surface area contributed by atoms with E-state index in [2.05, 4.69) is 17.2 Å². The van der Waals surface area contributed by atoms with Crippen molar-refractivity contribution in [1.82, 2.24) is 5.32 Å². The number of para-hydroxylation sites is 1. The Labute approximate surface area is 143 Å². The number of carbonyl (C=O) groups is 1. The lowest BCUT2D eigenvalue weighted by molar-refractivity contribution is -0.137. The molecule has 0 bridgehead atoms. The van der Waals surface area contributed by atoms with Crippen molar-refractivity contribution < 1.29 is 22.7 Å². The van der Waals surface area contributed by atoms with Gasteiger partial charge in [-0.05, 0) is 30.3 Å². The minimum atomic E-state index is -4.40. The molecule has 0 radical (unpaired) electrons. The summed E-state index contributed by atoms with van der Waals surface area (Å²) in [6.45, 7) is 0.289. The monoisotopic (exact) mass is 347 g/mol. The zero-order chi connectivity index (χ0) is 18.1. The molecule has 2 rings (SSSR count). The molecule has 1 amide bonds. The van der Waals surface area contributed by atoms with Crippen molar-refractivity contribution in [2.45, 2.75) is 12.6 Å². The number of ether oxygens (including phenoxy) is 1. The molecule has 0 spiro atoms. The molecule has 0 aliphatic rings. The summed E-state index contributed by atoms with van der Waals surface area (Å²) in [6, 6.07) is 13.9. The molecular weight excluding hydrogens is 331 g/mol. The second-order valence-corrected chi connectivity index (χ2v) is 5.07. The van der Waals surface area contributed by atoms with Crippen molar-refractivity contribution in [3.05, 3.63) is 65.7 Å². The summed E-state index contributed by atoms with van der Waals surface area (Å²) in [6.07, 6.45) is -4.23. The lowest BCUT2D eigenvalue weighted by Gasteiger charge is -2.06. The fourth-order valence-electron chi connectivity index (χ4n) is 1.93. The maximum atomic E-state index is 12.6. The van der Waals surface area contributed by atoms with Crippen molar-refractivity contribution in [2.75, 3.05) is 13.2 Å². The van der Waals surface area contributed by atoms with Gasteiger partial charge in [0.2, 0.25) is 5.91 Å². The van der Waals surface area contributed by atoms with E-state index in [0.717, 1.165) is 12.1 Å². The van der Waals surface area contributed by atoms with Crippen LogP contribution < -0.4 is 10.1 Å². The standard InChI is InChI=1S/C19H16F3NO2/c20-19(21,22)16-8-4-6-15(14-16)7-5-12-23-18(24)11-13-25-17-9-2-1-3-10-17/h1-4,6,8-10,14H,11-13H2,(H,23,24). The maximum absolute atomic E-state index is 12.6. The normalized spacial score (nSPS) is 10.5. The highest BCUT2D eigenvalue weighted by molar-refractivity contribution is 5.76. The van der Waals surface area contributed by atoms with Crippen LogP contribution in [0.2, 0.25) is 0 Å². The van der Waals surface area contributed by atoms with Gasteiger partial charge in [0.1, 0.15) is 5.75 Å². The highest BCUT2D eigenvalue weighted by Gasteiger charge is 2.30. The lowest BCUT2D eigenvalue weighted by Crippen LogP contribution is -2.25. The summed E-state index contributed by atoms with van der Waals surface area (Å²) in [5, 5.41) is 2.57. The Bertz CT molecular complexity index is 761. The van der Waals surface area contributed by atoms with Gasteiger partial charge in [-0.3, -0.25) is 4.79 Å². The van der Waals surface area contributed by atoms with Gasteiger partial charge in [-0.25, -0.2) is 0 Å². The van der Waals surface area contributed by atoms with Gasteiger partial charge in [0, 0.05) is 5.56 Å². The minimum absolute atomic E-state index is 0.0560. The molecule has 1 N–H and O–H groups in total. The molecule has 25 heavy (non-hydrogen) atoms. The van der Waals surface area contributed by atoms with E-state index in [4.69, 9.17) is 4.74 Å². The van der Waals surface area contributed by atoms with E-state index in [1.165, 1.54) is 12.1 Å². The second-order valence-electron chi connectivity index (χ2n) is 5.07. The van der Waals surface area contributed by atoms with Gasteiger partial charge >= 0.3 is 6.18 Å². The number of halogens is 3. The molecule has 0 fully saturated rings. The van der Waals surface area contributed by atoms with Crippen LogP contribution in [0.25, 0.3) is 0 Å². The summed E-state index contributed by atoms with van der Waals surface area (Å²) < 4.78 is 43.2. The first-order valence-corrected chi connectivity index (χ1v) is 7.56. The quantitative estimate of drug-likeness (QED) is 0.839. The number of nitrogens with one attached hydrogen (secondary N) is 1. The van der Waals surface area contributed by atoms with E-state index in [9.17, 15) is 18.0 Å². The number of alkyl halides is 3. The van der Waals surface area contributed by atoms with Crippen LogP contribution in [0.1, 0.15) is 17.5 Å². The first-order valence-electron chi connectivity index (χ1n) is 7.56. The number of rotatable bonds is 5. The fraction of sp³-hybridized carbons (Fsp3) is 0.211. The van der Waals surface area contributed by atoms with Crippen molar-refractivity contribution in [3.63, 3.8) is 0 Å². The molecule has 6 heteroatoms. The molecule has 0 aliphatic heterocycles. The molecule has 130 valence electrons. The van der Waals surface area contributed by atoms with Gasteiger partial charge in [-0.1, -0.05) is 36.1 Å². The maximum Gasteiger partial charge on any atom is 0.416 e. The highest BCUT2D eigenvalue weighted by Crippen LogP contribution is 2.29. The van der Waals surface area contributed by atoms with Crippen LogP contribution in [-0.2, 0) is 11.0 Å². The van der Waals surface area contributed by atoms with Crippen LogP contribution in [0.5, 0.6) is 5.75 Å². The van der Waals surface area contributed by atoms with Crippen molar-refractivity contribution in [2.24, 2.45) is 0 Å². The Hall–Kier alpha value is -2.94. The zero-order valence-electron chi connectivity index (χ0n) is 13.3. The zero-order valence-corrected chi connectivity index (χ0v) is 13.3. The molecule has 2 aromatic rings. The van der Waals surface area contributed by atoms with Gasteiger partial charge in [0.05, 0.1) is 25.1 Å². The predicted molar refractivity (Wildman–Crippen MR) is 87.9 cm³/mol. The van der Waals surface area contributed by atoms with Crippen LogP contribution in [0, 0.1) is 11.8 Å². The summed E-state index contributed by atoms with van der Waals surface area (Å²) in [5.41, 5.74) is -0.502. The molecule has 3 nitrogen and oxygen atoms in total. The average molecular weight is 347 g/mol. The van der Waals surface area contributed by atoms with Crippen molar-refractivity contribution >= 4 is 5.91 Å². The van der Waals surface area contributed by atoms with Gasteiger partial charge in [0.15, 0.2) is 0 Å². The number of benzene rings is 2. The number of amides is 1. The van der Waals surface area contributed by atoms with Crippen LogP contribution in [0.3, 0.4) is 0 Å². The van der Waals surface area contributed by atoms with Gasteiger partial charge in [-0.2, -0.15) is 13.2 Å². The Kier molecular flexibility index (Phi) is 6.47. The van der Waals surface area contributed by atoms with Gasteiger partial charge < -0.3 is 10.1 Å². The van der Waals surface area contributed by atoms with Crippen LogP contribution in [-0.4, -0.2) is 19.1 Å². The summed E-state index contributed by atoms with van der Waals surface area (Å²) in [5.74, 6) is 5.67. The molecule has 2 aromatic carbocycles. The van der Waals surface area contributed by atoms with E-state index in [1.54, 1.807) is 12.1 Å². The van der Waals surface area contributed by atoms with Crippen molar-refractivity contribution in [3.8, 4) is 17.6 Å². The van der Waals surface area contributed by atoms with Gasteiger partial charge in [-0.15, -0.1) is 0 Å². The molecule has 0 unspecified atom stereocenters. The number of hydrogen-bond acceptors (Lipinski definition) is 2. The Morgan fingerprint density at radius 3 is 2.56 bits per heavy atom. The topological polar surface area (TPSA) is 38.3 Å². The smallest absolute Gasteiger partial charge is 0.416 e. The van der Waals surface area contributed by atoms with E-state index in [-0.39, 0.29) is 31.0 Å². The van der Waals surface area contributed by atoms with E-state index in [0.29, 0.717) is 5.75 Å². The first-order chi connectivity index (χ1) is 11.9. The van der Waals surface area contributed by atoms with Gasteiger partial charge in [0.25, 0.3) is 0 Å². The SMILES string of the molecule is O=C(CCOc1ccccc1)NCC#Cc1cccc(C(F)(F)F)c1. The van der Waals surface area contributed by atoms with E-state index < -0.39 is 11.7 Å². The molecular formula is C19H16F3NO2. The average Bonchev–Trinajstić information content (AvgIpc) is 2.59. The Morgan fingerprint density at radius 1 is 1.08 bits per heavy atom. The van der Waals surface area contributed by atoms with Crippen LogP contribution >= 0.6 is 0 Å². The van der Waals surface area contributed by atoms with Crippen LogP contribution in [0.4, 0.5) is 13.2 Å². The molecule has 0 saturated heterocycles. The first kappa shape index (κ1) is 18.4. The number of hydrogen-bond donors (Lipinski definition) is 1. The van der Waals surface area contributed by atoms with Crippen LogP contribution in [0.15, 0.2) is 54.6 Å². The van der Waals surface area contributed by atoms with Crippen molar-refractivity contribution in [1.29, 1.82) is 0 Å². The minimum Gasteiger partial charge on any atom is -0.493 e. The van der Waals surface area contributed by atoms with E-state index in [1.807, 2.05) is 18.2 Å². The van der Waals surface area contributed by atoms with E-state index >= 15 is 0 Å². The Balaban J connectivity index is 1.74. The fourth-order valence-corrected chi connectivity index (χ4v) is 1.93. The third-order valence-corrected chi connectivity index (χ3v) is 3.14. The number of carbonyl (C=O) groups excluding carboxylic acids is 1. The Morgan fingerprint density at radius 2 is 1.84 bits per heavy atom. The molecule has 0 heterocycles.